The maximum atomic E-state index is 11.6. The zero-order valence-electron chi connectivity index (χ0n) is 8.91. The number of aryl methyl sites for hydroxylation is 2. The van der Waals surface area contributed by atoms with Crippen LogP contribution in [-0.2, 0) is 4.79 Å². The molecule has 0 aliphatic heterocycles. The van der Waals surface area contributed by atoms with E-state index in [9.17, 15) is 9.59 Å². The summed E-state index contributed by atoms with van der Waals surface area (Å²) in [5.74, 6) is 0.0112. The first-order chi connectivity index (χ1) is 7.15. The minimum atomic E-state index is 0.0112. The van der Waals surface area contributed by atoms with Gasteiger partial charge in [0.15, 0.2) is 5.78 Å². The van der Waals surface area contributed by atoms with E-state index in [1.807, 2.05) is 26.0 Å². The van der Waals surface area contributed by atoms with Crippen LogP contribution >= 0.6 is 0 Å². The van der Waals surface area contributed by atoms with Crippen molar-refractivity contribution in [3.63, 3.8) is 0 Å². The molecule has 0 aliphatic rings. The summed E-state index contributed by atoms with van der Waals surface area (Å²) in [6.45, 7) is 4.19. The van der Waals surface area contributed by atoms with Crippen molar-refractivity contribution in [3.05, 3.63) is 34.9 Å². The number of Topliss-reactive ketones (excluding diaryl/α,β-unsaturated/α-hetero) is 1. The van der Waals surface area contributed by atoms with Gasteiger partial charge in [0.1, 0.15) is 0 Å². The first-order valence-electron chi connectivity index (χ1n) is 4.79. The molecule has 1 aromatic rings. The first-order valence-corrected chi connectivity index (χ1v) is 4.79. The molecule has 0 spiro atoms. The van der Waals surface area contributed by atoms with Crippen LogP contribution in [0.2, 0.25) is 0 Å². The fraction of sp³-hybridized carbons (Fsp3) is 0.333. The smallest absolute Gasteiger partial charge is 0.234 e. The third-order valence-corrected chi connectivity index (χ3v) is 2.34. The average molecular weight is 203 g/mol. The quantitative estimate of drug-likeness (QED) is 0.428. The molecular formula is C12H13NO2. The van der Waals surface area contributed by atoms with E-state index < -0.39 is 0 Å². The van der Waals surface area contributed by atoms with Crippen LogP contribution < -0.4 is 0 Å². The zero-order chi connectivity index (χ0) is 11.3. The second-order valence-corrected chi connectivity index (χ2v) is 3.45. The predicted molar refractivity (Wildman–Crippen MR) is 57.9 cm³/mol. The topological polar surface area (TPSA) is 46.5 Å². The van der Waals surface area contributed by atoms with Gasteiger partial charge in [-0.2, -0.15) is 0 Å². The van der Waals surface area contributed by atoms with Gasteiger partial charge in [-0.05, 0) is 31.0 Å². The molecule has 0 bridgehead atoms. The Morgan fingerprint density at radius 1 is 1.33 bits per heavy atom. The second kappa shape index (κ2) is 5.23. The summed E-state index contributed by atoms with van der Waals surface area (Å²) in [7, 11) is 0. The monoisotopic (exact) mass is 203 g/mol. The molecule has 0 N–H and O–H groups in total. The van der Waals surface area contributed by atoms with E-state index in [0.29, 0.717) is 5.56 Å². The molecule has 0 aromatic heterocycles. The molecule has 0 atom stereocenters. The summed E-state index contributed by atoms with van der Waals surface area (Å²) in [6.07, 6.45) is 1.68. The van der Waals surface area contributed by atoms with Crippen LogP contribution in [0, 0.1) is 13.8 Å². The van der Waals surface area contributed by atoms with Crippen LogP contribution in [0.15, 0.2) is 23.2 Å². The number of nitrogens with zero attached hydrogens (tertiary/aromatic N) is 1. The fourth-order valence-electron chi connectivity index (χ4n) is 1.26. The molecule has 3 nitrogen and oxygen atoms in total. The van der Waals surface area contributed by atoms with Crippen molar-refractivity contribution in [3.8, 4) is 0 Å². The minimum absolute atomic E-state index is 0.0112. The van der Waals surface area contributed by atoms with Crippen molar-refractivity contribution in [1.29, 1.82) is 0 Å². The summed E-state index contributed by atoms with van der Waals surface area (Å²) in [5, 5.41) is 0. The van der Waals surface area contributed by atoms with Gasteiger partial charge < -0.3 is 0 Å². The number of carbonyl (C=O) groups is 1. The lowest BCUT2D eigenvalue weighted by atomic mass is 10.0. The van der Waals surface area contributed by atoms with Gasteiger partial charge in [-0.25, -0.2) is 9.79 Å². The van der Waals surface area contributed by atoms with Crippen molar-refractivity contribution >= 4 is 11.9 Å². The molecule has 15 heavy (non-hydrogen) atoms. The van der Waals surface area contributed by atoms with Crippen molar-refractivity contribution in [2.45, 2.75) is 20.3 Å². The fourth-order valence-corrected chi connectivity index (χ4v) is 1.26. The largest absolute Gasteiger partial charge is 0.294 e. The number of hydrogen-bond donors (Lipinski definition) is 0. The van der Waals surface area contributed by atoms with E-state index in [1.165, 1.54) is 6.08 Å². The number of aliphatic imine (C=N–C) groups is 1. The highest BCUT2D eigenvalue weighted by Gasteiger charge is 2.05. The normalized spacial score (nSPS) is 9.47. The highest BCUT2D eigenvalue weighted by Crippen LogP contribution is 2.11. The summed E-state index contributed by atoms with van der Waals surface area (Å²) in [6, 6.07) is 5.59. The lowest BCUT2D eigenvalue weighted by molar-refractivity contribution is 0.0985. The van der Waals surface area contributed by atoms with E-state index in [4.69, 9.17) is 0 Å². The van der Waals surface area contributed by atoms with Gasteiger partial charge in [-0.3, -0.25) is 4.79 Å². The number of ketones is 1. The van der Waals surface area contributed by atoms with E-state index in [1.54, 1.807) is 6.07 Å². The predicted octanol–water partition coefficient (Wildman–Crippen LogP) is 2.21. The van der Waals surface area contributed by atoms with Crippen LogP contribution in [0.3, 0.4) is 0 Å². The Morgan fingerprint density at radius 3 is 2.67 bits per heavy atom. The Kier molecular flexibility index (Phi) is 3.95. The first kappa shape index (κ1) is 11.3. The molecule has 0 unspecified atom stereocenters. The van der Waals surface area contributed by atoms with Crippen LogP contribution in [0.1, 0.15) is 27.9 Å². The highest BCUT2D eigenvalue weighted by atomic mass is 16.1. The van der Waals surface area contributed by atoms with E-state index >= 15 is 0 Å². The van der Waals surface area contributed by atoms with Gasteiger partial charge in [0.25, 0.3) is 0 Å². The molecule has 0 saturated carbocycles. The minimum Gasteiger partial charge on any atom is -0.294 e. The number of benzene rings is 1. The van der Waals surface area contributed by atoms with Crippen molar-refractivity contribution in [1.82, 2.24) is 0 Å². The molecule has 0 aliphatic carbocycles. The molecule has 78 valence electrons. The molecule has 0 radical (unpaired) electrons. The second-order valence-electron chi connectivity index (χ2n) is 3.45. The van der Waals surface area contributed by atoms with Gasteiger partial charge in [0.2, 0.25) is 6.08 Å². The summed E-state index contributed by atoms with van der Waals surface area (Å²) in [4.78, 5) is 24.8. The standard InChI is InChI=1S/C12H13NO2/c1-9-3-4-11(7-10(9)2)12(15)5-6-13-8-14/h3-4,7H,5-6H2,1-2H3. The SMILES string of the molecule is Cc1ccc(C(=O)CCN=C=O)cc1C. The van der Waals surface area contributed by atoms with Crippen LogP contribution in [0.5, 0.6) is 0 Å². The third kappa shape index (κ3) is 3.15. The maximum absolute atomic E-state index is 11.6. The van der Waals surface area contributed by atoms with Crippen LogP contribution in [0.25, 0.3) is 0 Å². The molecule has 0 saturated heterocycles. The van der Waals surface area contributed by atoms with E-state index in [0.717, 1.165) is 11.1 Å². The van der Waals surface area contributed by atoms with Gasteiger partial charge in [-0.15, -0.1) is 0 Å². The van der Waals surface area contributed by atoms with Gasteiger partial charge in [0.05, 0.1) is 6.54 Å². The third-order valence-electron chi connectivity index (χ3n) is 2.34. The zero-order valence-corrected chi connectivity index (χ0v) is 8.91. The highest BCUT2D eigenvalue weighted by molar-refractivity contribution is 5.96. The van der Waals surface area contributed by atoms with Gasteiger partial charge in [-0.1, -0.05) is 12.1 Å². The Bertz CT molecular complexity index is 418. The average Bonchev–Trinajstić information content (AvgIpc) is 2.22. The Morgan fingerprint density at radius 2 is 2.07 bits per heavy atom. The molecule has 1 rings (SSSR count). The maximum Gasteiger partial charge on any atom is 0.234 e. The van der Waals surface area contributed by atoms with Crippen LogP contribution in [0.4, 0.5) is 0 Å². The summed E-state index contributed by atoms with van der Waals surface area (Å²) < 4.78 is 0. The number of carbonyl (C=O) groups excluding carboxylic acids is 2. The molecule has 0 amide bonds. The lowest BCUT2D eigenvalue weighted by Crippen LogP contribution is -2.01. The van der Waals surface area contributed by atoms with Crippen molar-refractivity contribution < 1.29 is 9.59 Å². The van der Waals surface area contributed by atoms with Crippen LogP contribution in [-0.4, -0.2) is 18.4 Å². The summed E-state index contributed by atoms with van der Waals surface area (Å²) in [5.41, 5.74) is 2.94. The Labute approximate surface area is 88.8 Å². The molecule has 0 fully saturated rings. The van der Waals surface area contributed by atoms with Gasteiger partial charge in [0, 0.05) is 12.0 Å². The number of rotatable bonds is 4. The number of hydrogen-bond acceptors (Lipinski definition) is 3. The Balaban J connectivity index is 2.74. The van der Waals surface area contributed by atoms with E-state index in [2.05, 4.69) is 4.99 Å². The Hall–Kier alpha value is -1.73. The van der Waals surface area contributed by atoms with Crippen molar-refractivity contribution in [2.24, 2.45) is 4.99 Å². The van der Waals surface area contributed by atoms with Gasteiger partial charge >= 0.3 is 0 Å². The van der Waals surface area contributed by atoms with E-state index in [-0.39, 0.29) is 18.7 Å². The van der Waals surface area contributed by atoms with Crippen molar-refractivity contribution in [2.75, 3.05) is 6.54 Å². The number of isocyanates is 1. The molecule has 3 heteroatoms. The molecule has 0 heterocycles. The lowest BCUT2D eigenvalue weighted by Gasteiger charge is -2.03. The summed E-state index contributed by atoms with van der Waals surface area (Å²) >= 11 is 0. The molecule has 1 aromatic carbocycles. The molecular weight excluding hydrogens is 190 g/mol.